The van der Waals surface area contributed by atoms with Crippen LogP contribution in [0.2, 0.25) is 0 Å². The lowest BCUT2D eigenvalue weighted by Gasteiger charge is -2.25. The summed E-state index contributed by atoms with van der Waals surface area (Å²) in [6, 6.07) is 7.39. The number of nitrogens with one attached hydrogen (secondary N) is 2. The number of hydrogen-bond acceptors (Lipinski definition) is 7. The van der Waals surface area contributed by atoms with Crippen molar-refractivity contribution < 1.29 is 23.1 Å². The number of nitrogens with zero attached hydrogens (tertiary/aromatic N) is 3. The summed E-state index contributed by atoms with van der Waals surface area (Å²) in [6.45, 7) is 5.99. The van der Waals surface area contributed by atoms with Crippen LogP contribution in [-0.2, 0) is 24.4 Å². The monoisotopic (exact) mass is 501 g/mol. The van der Waals surface area contributed by atoms with E-state index in [9.17, 15) is 14.0 Å². The Morgan fingerprint density at radius 2 is 2.06 bits per heavy atom. The normalized spacial score (nSPS) is 14.0. The molecule has 2 N–H and O–H groups in total. The summed E-state index contributed by atoms with van der Waals surface area (Å²) < 4.78 is 24.5. The van der Waals surface area contributed by atoms with Crippen molar-refractivity contribution in [2.75, 3.05) is 38.7 Å². The molecule has 0 unspecified atom stereocenters. The van der Waals surface area contributed by atoms with Crippen LogP contribution in [0.5, 0.6) is 0 Å². The summed E-state index contributed by atoms with van der Waals surface area (Å²) in [6.07, 6.45) is 0. The van der Waals surface area contributed by atoms with Crippen LogP contribution >= 0.6 is 11.3 Å². The molecule has 0 radical (unpaired) electrons. The molecule has 1 aromatic carbocycles. The second-order valence-corrected chi connectivity index (χ2v) is 9.17. The summed E-state index contributed by atoms with van der Waals surface area (Å²) in [5, 5.41) is 7.53. The van der Waals surface area contributed by atoms with E-state index in [0.29, 0.717) is 47.5 Å². The van der Waals surface area contributed by atoms with Crippen molar-refractivity contribution in [3.63, 3.8) is 0 Å². The second-order valence-electron chi connectivity index (χ2n) is 8.31. The van der Waals surface area contributed by atoms with Gasteiger partial charge in [-0.3, -0.25) is 15.0 Å². The lowest BCUT2D eigenvalue weighted by molar-refractivity contribution is 0.0312. The number of ether oxygens (including phenoxy) is 1. The molecule has 0 bridgehead atoms. The molecule has 3 heterocycles. The fourth-order valence-corrected chi connectivity index (χ4v) is 4.44. The number of benzene rings is 1. The molecule has 186 valence electrons. The first-order valence-corrected chi connectivity index (χ1v) is 12.1. The van der Waals surface area contributed by atoms with Crippen LogP contribution < -0.4 is 10.6 Å². The number of thiazole rings is 1. The maximum atomic E-state index is 13.3. The molecule has 3 aromatic rings. The Morgan fingerprint density at radius 1 is 1.26 bits per heavy atom. The maximum Gasteiger partial charge on any atom is 0.321 e. The maximum absolute atomic E-state index is 13.3. The zero-order chi connectivity index (χ0) is 24.8. The zero-order valence-electron chi connectivity index (χ0n) is 19.7. The average Bonchev–Trinajstić information content (AvgIpc) is 3.43. The molecule has 0 saturated carbocycles. The van der Waals surface area contributed by atoms with Crippen LogP contribution in [0.1, 0.15) is 33.1 Å². The fourth-order valence-electron chi connectivity index (χ4n) is 3.74. The molecule has 1 fully saturated rings. The average molecular weight is 502 g/mol. The van der Waals surface area contributed by atoms with Crippen LogP contribution in [0.4, 0.5) is 14.3 Å². The minimum absolute atomic E-state index is 0.158. The number of morpholine rings is 1. The van der Waals surface area contributed by atoms with E-state index >= 15 is 0 Å². The summed E-state index contributed by atoms with van der Waals surface area (Å²) >= 11 is 1.26. The highest BCUT2D eigenvalue weighted by atomic mass is 32.1. The second kappa shape index (κ2) is 11.4. The van der Waals surface area contributed by atoms with Crippen molar-refractivity contribution in [3.8, 4) is 0 Å². The Morgan fingerprint density at radius 3 is 2.83 bits per heavy atom. The zero-order valence-corrected chi connectivity index (χ0v) is 20.5. The number of rotatable bonds is 8. The SMILES string of the molecule is Cc1oc(CN2CCOCC2)cc1C(=O)N(C)Cc1csc(NC(=O)NCc2cccc(F)c2)n1. The van der Waals surface area contributed by atoms with Gasteiger partial charge in [-0.25, -0.2) is 14.2 Å². The van der Waals surface area contributed by atoms with Gasteiger partial charge >= 0.3 is 6.03 Å². The summed E-state index contributed by atoms with van der Waals surface area (Å²) in [5.74, 6) is 0.827. The van der Waals surface area contributed by atoms with E-state index in [1.165, 1.54) is 23.5 Å². The number of halogens is 1. The standard InChI is InChI=1S/C24H28FN5O4S/c1-16-21(11-20(34-16)14-30-6-8-33-9-7-30)22(31)29(2)13-19-15-35-24(27-19)28-23(32)26-12-17-4-3-5-18(25)10-17/h3-5,10-11,15H,6-9,12-14H2,1-2H3,(H2,26,27,28,32). The number of aryl methyl sites for hydroxylation is 1. The van der Waals surface area contributed by atoms with E-state index in [-0.39, 0.29) is 24.8 Å². The van der Waals surface area contributed by atoms with Crippen molar-refractivity contribution in [1.82, 2.24) is 20.1 Å². The van der Waals surface area contributed by atoms with Crippen molar-refractivity contribution >= 4 is 28.4 Å². The Bertz CT molecular complexity index is 1170. The molecule has 1 aliphatic heterocycles. The molecular formula is C24H28FN5O4S. The molecule has 2 aromatic heterocycles. The molecule has 0 atom stereocenters. The van der Waals surface area contributed by atoms with Crippen molar-refractivity contribution in [1.29, 1.82) is 0 Å². The Hall–Kier alpha value is -3.28. The minimum Gasteiger partial charge on any atom is -0.464 e. The number of amides is 3. The van der Waals surface area contributed by atoms with Gasteiger partial charge in [0.25, 0.3) is 5.91 Å². The van der Waals surface area contributed by atoms with Gasteiger partial charge in [0.05, 0.1) is 37.6 Å². The van der Waals surface area contributed by atoms with Gasteiger partial charge < -0.3 is 19.4 Å². The van der Waals surface area contributed by atoms with Gasteiger partial charge in [-0.05, 0) is 30.7 Å². The molecule has 11 heteroatoms. The number of furan rings is 1. The molecule has 35 heavy (non-hydrogen) atoms. The Balaban J connectivity index is 1.28. The van der Waals surface area contributed by atoms with E-state index in [2.05, 4.69) is 20.5 Å². The lowest BCUT2D eigenvalue weighted by Crippen LogP contribution is -2.35. The van der Waals surface area contributed by atoms with Gasteiger partial charge in [0.2, 0.25) is 0 Å². The molecule has 0 spiro atoms. The summed E-state index contributed by atoms with van der Waals surface area (Å²) in [4.78, 5) is 33.3. The van der Waals surface area contributed by atoms with Gasteiger partial charge in [0.1, 0.15) is 17.3 Å². The quantitative estimate of drug-likeness (QED) is 0.489. The number of carbonyl (C=O) groups excluding carboxylic acids is 2. The van der Waals surface area contributed by atoms with Crippen LogP contribution in [0.25, 0.3) is 0 Å². The van der Waals surface area contributed by atoms with Crippen molar-refractivity contribution in [2.24, 2.45) is 0 Å². The van der Waals surface area contributed by atoms with Crippen LogP contribution in [-0.4, -0.2) is 60.1 Å². The predicted molar refractivity (Wildman–Crippen MR) is 130 cm³/mol. The Kier molecular flexibility index (Phi) is 8.11. The first kappa shape index (κ1) is 24.8. The number of anilines is 1. The minimum atomic E-state index is -0.443. The van der Waals surface area contributed by atoms with Crippen LogP contribution in [0, 0.1) is 12.7 Å². The van der Waals surface area contributed by atoms with Gasteiger partial charge in [-0.2, -0.15) is 0 Å². The van der Waals surface area contributed by atoms with Crippen LogP contribution in [0.15, 0.2) is 40.1 Å². The molecule has 1 saturated heterocycles. The first-order valence-electron chi connectivity index (χ1n) is 11.3. The van der Waals surface area contributed by atoms with Crippen molar-refractivity contribution in [2.45, 2.75) is 26.6 Å². The molecule has 4 rings (SSSR count). The van der Waals surface area contributed by atoms with Crippen LogP contribution in [0.3, 0.4) is 0 Å². The highest BCUT2D eigenvalue weighted by Crippen LogP contribution is 2.21. The number of urea groups is 1. The molecular weight excluding hydrogens is 473 g/mol. The summed E-state index contributed by atoms with van der Waals surface area (Å²) in [7, 11) is 1.70. The number of aromatic nitrogens is 1. The largest absolute Gasteiger partial charge is 0.464 e. The van der Waals surface area contributed by atoms with Gasteiger partial charge in [-0.15, -0.1) is 11.3 Å². The lowest BCUT2D eigenvalue weighted by atomic mass is 10.2. The topological polar surface area (TPSA) is 99.9 Å². The fraction of sp³-hybridized carbons (Fsp3) is 0.375. The van der Waals surface area contributed by atoms with E-state index in [1.807, 2.05) is 0 Å². The third-order valence-electron chi connectivity index (χ3n) is 5.54. The van der Waals surface area contributed by atoms with E-state index in [1.54, 1.807) is 42.5 Å². The highest BCUT2D eigenvalue weighted by Gasteiger charge is 2.21. The molecule has 1 aliphatic rings. The number of carbonyl (C=O) groups is 2. The molecule has 9 nitrogen and oxygen atoms in total. The predicted octanol–water partition coefficient (Wildman–Crippen LogP) is 3.61. The summed E-state index contributed by atoms with van der Waals surface area (Å²) in [5.41, 5.74) is 1.84. The van der Waals surface area contributed by atoms with Crippen molar-refractivity contribution in [3.05, 3.63) is 69.9 Å². The molecule has 3 amide bonds. The van der Waals surface area contributed by atoms with Gasteiger partial charge in [-0.1, -0.05) is 12.1 Å². The number of hydrogen-bond donors (Lipinski definition) is 2. The third-order valence-corrected chi connectivity index (χ3v) is 6.35. The van der Waals surface area contributed by atoms with Gasteiger partial charge in [0.15, 0.2) is 5.13 Å². The van der Waals surface area contributed by atoms with E-state index in [4.69, 9.17) is 9.15 Å². The van der Waals surface area contributed by atoms with Gasteiger partial charge in [0, 0.05) is 32.1 Å². The van der Waals surface area contributed by atoms with E-state index in [0.717, 1.165) is 18.8 Å². The molecule has 0 aliphatic carbocycles. The Labute approximate surface area is 206 Å². The first-order chi connectivity index (χ1) is 16.9. The van der Waals surface area contributed by atoms with E-state index < -0.39 is 6.03 Å². The smallest absolute Gasteiger partial charge is 0.321 e. The third kappa shape index (κ3) is 6.87. The highest BCUT2D eigenvalue weighted by molar-refractivity contribution is 7.13.